The third-order valence-electron chi connectivity index (χ3n) is 3.09. The van der Waals surface area contributed by atoms with E-state index in [1.165, 1.54) is 18.4 Å². The van der Waals surface area contributed by atoms with Gasteiger partial charge >= 0.3 is 0 Å². The first-order valence-electron chi connectivity index (χ1n) is 4.83. The minimum absolute atomic E-state index is 0.189. The number of fused-ring (bicyclic) bond motifs is 1. The van der Waals surface area contributed by atoms with E-state index >= 15 is 0 Å². The number of aliphatic hydroxyl groups excluding tert-OH is 1. The third kappa shape index (κ3) is 1.34. The van der Waals surface area contributed by atoms with Crippen molar-refractivity contribution in [3.05, 3.63) is 23.8 Å². The minimum Gasteiger partial charge on any atom is -0.389 e. The van der Waals surface area contributed by atoms with Crippen molar-refractivity contribution in [3.63, 3.8) is 0 Å². The summed E-state index contributed by atoms with van der Waals surface area (Å²) in [6.45, 7) is 2.31. The summed E-state index contributed by atoms with van der Waals surface area (Å²) >= 11 is 0. The lowest BCUT2D eigenvalue weighted by atomic mass is 9.74. The first-order chi connectivity index (χ1) is 5.77. The number of rotatable bonds is 0. The fourth-order valence-corrected chi connectivity index (χ4v) is 2.32. The SMILES string of the molecule is CC1CC=CC2=CC(O)CCC21. The maximum Gasteiger partial charge on any atom is 0.0726 e. The predicted molar refractivity (Wildman–Crippen MR) is 49.7 cm³/mol. The Labute approximate surface area is 73.8 Å². The van der Waals surface area contributed by atoms with Crippen molar-refractivity contribution in [1.82, 2.24) is 0 Å². The van der Waals surface area contributed by atoms with Crippen molar-refractivity contribution < 1.29 is 5.11 Å². The van der Waals surface area contributed by atoms with E-state index in [0.29, 0.717) is 0 Å². The van der Waals surface area contributed by atoms with Gasteiger partial charge in [0.15, 0.2) is 0 Å². The van der Waals surface area contributed by atoms with Gasteiger partial charge in [0.25, 0.3) is 0 Å². The Morgan fingerprint density at radius 3 is 3.08 bits per heavy atom. The summed E-state index contributed by atoms with van der Waals surface area (Å²) in [6, 6.07) is 0. The Morgan fingerprint density at radius 2 is 2.25 bits per heavy atom. The molecule has 0 aromatic carbocycles. The summed E-state index contributed by atoms with van der Waals surface area (Å²) in [6.07, 6.45) is 9.58. The summed E-state index contributed by atoms with van der Waals surface area (Å²) in [4.78, 5) is 0. The van der Waals surface area contributed by atoms with E-state index in [4.69, 9.17) is 0 Å². The smallest absolute Gasteiger partial charge is 0.0726 e. The Kier molecular flexibility index (Phi) is 2.05. The van der Waals surface area contributed by atoms with E-state index in [1.807, 2.05) is 6.08 Å². The molecule has 12 heavy (non-hydrogen) atoms. The van der Waals surface area contributed by atoms with Crippen LogP contribution in [0, 0.1) is 11.8 Å². The van der Waals surface area contributed by atoms with E-state index in [9.17, 15) is 5.11 Å². The van der Waals surface area contributed by atoms with Crippen LogP contribution in [-0.2, 0) is 0 Å². The molecule has 1 nitrogen and oxygen atoms in total. The van der Waals surface area contributed by atoms with Crippen LogP contribution >= 0.6 is 0 Å². The van der Waals surface area contributed by atoms with Crippen molar-refractivity contribution in [2.75, 3.05) is 0 Å². The standard InChI is InChI=1S/C11H16O/c1-8-3-2-4-9-7-10(12)5-6-11(8)9/h2,4,7-8,10-12H,3,5-6H2,1H3. The molecule has 0 heterocycles. The van der Waals surface area contributed by atoms with E-state index < -0.39 is 0 Å². The first kappa shape index (κ1) is 8.06. The van der Waals surface area contributed by atoms with Crippen molar-refractivity contribution >= 4 is 0 Å². The van der Waals surface area contributed by atoms with E-state index in [2.05, 4.69) is 19.1 Å². The lowest BCUT2D eigenvalue weighted by Crippen LogP contribution is -2.23. The number of hydrogen-bond acceptors (Lipinski definition) is 1. The zero-order valence-electron chi connectivity index (χ0n) is 7.53. The molecule has 0 amide bonds. The molecule has 0 saturated heterocycles. The van der Waals surface area contributed by atoms with Crippen LogP contribution in [0.2, 0.25) is 0 Å². The maximum absolute atomic E-state index is 9.42. The largest absolute Gasteiger partial charge is 0.389 e. The quantitative estimate of drug-likeness (QED) is 0.582. The van der Waals surface area contributed by atoms with Gasteiger partial charge in [-0.1, -0.05) is 25.2 Å². The average Bonchev–Trinajstić information content (AvgIpc) is 2.04. The molecule has 2 aliphatic rings. The van der Waals surface area contributed by atoms with Crippen LogP contribution in [0.1, 0.15) is 26.2 Å². The minimum atomic E-state index is -0.189. The molecule has 0 aromatic rings. The topological polar surface area (TPSA) is 20.2 Å². The highest BCUT2D eigenvalue weighted by Crippen LogP contribution is 2.36. The number of hydrogen-bond donors (Lipinski definition) is 1. The highest BCUT2D eigenvalue weighted by Gasteiger charge is 2.26. The Bertz CT molecular complexity index is 227. The van der Waals surface area contributed by atoms with Crippen LogP contribution < -0.4 is 0 Å². The van der Waals surface area contributed by atoms with Gasteiger partial charge in [0.05, 0.1) is 6.10 Å². The van der Waals surface area contributed by atoms with Crippen LogP contribution in [0.4, 0.5) is 0 Å². The van der Waals surface area contributed by atoms with Crippen LogP contribution in [0.25, 0.3) is 0 Å². The summed E-state index contributed by atoms with van der Waals surface area (Å²) in [7, 11) is 0. The first-order valence-corrected chi connectivity index (χ1v) is 4.83. The van der Waals surface area contributed by atoms with Crippen LogP contribution in [0.3, 0.4) is 0 Å². The lowest BCUT2D eigenvalue weighted by Gasteiger charge is -2.32. The Balaban J connectivity index is 2.25. The second-order valence-corrected chi connectivity index (χ2v) is 4.03. The molecule has 0 aliphatic heterocycles. The Morgan fingerprint density at radius 1 is 1.42 bits per heavy atom. The second-order valence-electron chi connectivity index (χ2n) is 4.03. The van der Waals surface area contributed by atoms with E-state index in [-0.39, 0.29) is 6.10 Å². The maximum atomic E-state index is 9.42. The Hall–Kier alpha value is -0.560. The highest BCUT2D eigenvalue weighted by atomic mass is 16.3. The molecule has 0 saturated carbocycles. The van der Waals surface area contributed by atoms with Gasteiger partial charge in [-0.3, -0.25) is 0 Å². The van der Waals surface area contributed by atoms with Gasteiger partial charge < -0.3 is 5.11 Å². The van der Waals surface area contributed by atoms with Gasteiger partial charge in [-0.2, -0.15) is 0 Å². The zero-order valence-corrected chi connectivity index (χ0v) is 7.53. The lowest BCUT2D eigenvalue weighted by molar-refractivity contribution is 0.181. The molecule has 0 bridgehead atoms. The van der Waals surface area contributed by atoms with Crippen molar-refractivity contribution in [2.45, 2.75) is 32.3 Å². The molecule has 3 unspecified atom stereocenters. The van der Waals surface area contributed by atoms with Crippen molar-refractivity contribution in [2.24, 2.45) is 11.8 Å². The van der Waals surface area contributed by atoms with Gasteiger partial charge in [-0.05, 0) is 36.7 Å². The van der Waals surface area contributed by atoms with Gasteiger partial charge in [-0.15, -0.1) is 0 Å². The summed E-state index contributed by atoms with van der Waals surface area (Å²) < 4.78 is 0. The molecule has 1 heteroatoms. The predicted octanol–water partition coefficient (Wildman–Crippen LogP) is 2.28. The molecule has 0 aromatic heterocycles. The number of aliphatic hydroxyl groups is 1. The second kappa shape index (κ2) is 3.06. The molecule has 0 spiro atoms. The molecule has 0 radical (unpaired) electrons. The van der Waals surface area contributed by atoms with Gasteiger partial charge in [0.1, 0.15) is 0 Å². The molecule has 3 atom stereocenters. The molecule has 0 fully saturated rings. The van der Waals surface area contributed by atoms with Crippen molar-refractivity contribution in [1.29, 1.82) is 0 Å². The molecular weight excluding hydrogens is 148 g/mol. The normalized spacial score (nSPS) is 40.5. The molecule has 66 valence electrons. The summed E-state index contributed by atoms with van der Waals surface area (Å²) in [5.41, 5.74) is 1.37. The van der Waals surface area contributed by atoms with Crippen molar-refractivity contribution in [3.8, 4) is 0 Å². The monoisotopic (exact) mass is 164 g/mol. The molecule has 2 rings (SSSR count). The average molecular weight is 164 g/mol. The fraction of sp³-hybridized carbons (Fsp3) is 0.636. The van der Waals surface area contributed by atoms with E-state index in [0.717, 1.165) is 18.3 Å². The summed E-state index contributed by atoms with van der Waals surface area (Å²) in [5.74, 6) is 1.49. The molecule has 2 aliphatic carbocycles. The molecule has 1 N–H and O–H groups in total. The van der Waals surface area contributed by atoms with Gasteiger partial charge in [0.2, 0.25) is 0 Å². The summed E-state index contributed by atoms with van der Waals surface area (Å²) in [5, 5.41) is 9.42. The van der Waals surface area contributed by atoms with Gasteiger partial charge in [-0.25, -0.2) is 0 Å². The van der Waals surface area contributed by atoms with Crippen LogP contribution in [0.15, 0.2) is 23.8 Å². The number of allylic oxidation sites excluding steroid dienone is 3. The van der Waals surface area contributed by atoms with Gasteiger partial charge in [0, 0.05) is 0 Å². The fourth-order valence-electron chi connectivity index (χ4n) is 2.32. The third-order valence-corrected chi connectivity index (χ3v) is 3.09. The van der Waals surface area contributed by atoms with Crippen LogP contribution in [0.5, 0.6) is 0 Å². The van der Waals surface area contributed by atoms with E-state index in [1.54, 1.807) is 0 Å². The zero-order chi connectivity index (χ0) is 8.55. The molecular formula is C11H16O. The van der Waals surface area contributed by atoms with Crippen LogP contribution in [-0.4, -0.2) is 11.2 Å². The highest BCUT2D eigenvalue weighted by molar-refractivity contribution is 5.28.